The van der Waals surface area contributed by atoms with Gasteiger partial charge in [0.05, 0.1) is 0 Å². The maximum atomic E-state index is 11.4. The van der Waals surface area contributed by atoms with Crippen LogP contribution in [0.5, 0.6) is 0 Å². The highest BCUT2D eigenvalue weighted by Gasteiger charge is 2.37. The molecule has 0 spiro atoms. The minimum absolute atomic E-state index is 0.0186. The topological polar surface area (TPSA) is 89.9 Å². The molecule has 1 heterocycles. The van der Waals surface area contributed by atoms with Crippen molar-refractivity contribution < 1.29 is 19.8 Å². The first kappa shape index (κ1) is 17.9. The van der Waals surface area contributed by atoms with Crippen LogP contribution in [-0.4, -0.2) is 58.8 Å². The van der Waals surface area contributed by atoms with E-state index < -0.39 is 12.0 Å². The number of aliphatic hydroxyl groups is 1. The number of carbonyl (C=O) groups is 2. The number of carboxylic acids is 1. The normalized spacial score (nSPS) is 25.5. The van der Waals surface area contributed by atoms with E-state index in [9.17, 15) is 19.8 Å². The largest absolute Gasteiger partial charge is 0.480 e. The Kier molecular flexibility index (Phi) is 7.11. The minimum atomic E-state index is -0.826. The van der Waals surface area contributed by atoms with Gasteiger partial charge in [-0.3, -0.25) is 14.5 Å². The molecular weight excluding hydrogens is 272 g/mol. The van der Waals surface area contributed by atoms with Crippen LogP contribution in [0.1, 0.15) is 40.0 Å². The molecule has 3 N–H and O–H groups in total. The highest BCUT2D eigenvalue weighted by Crippen LogP contribution is 2.26. The van der Waals surface area contributed by atoms with Gasteiger partial charge in [0.2, 0.25) is 5.91 Å². The van der Waals surface area contributed by atoms with Crippen LogP contribution in [0.25, 0.3) is 0 Å². The third-order valence-electron chi connectivity index (χ3n) is 4.30. The highest BCUT2D eigenvalue weighted by atomic mass is 16.4. The maximum absolute atomic E-state index is 11.4. The van der Waals surface area contributed by atoms with Gasteiger partial charge in [0.1, 0.15) is 6.04 Å². The van der Waals surface area contributed by atoms with Crippen molar-refractivity contribution in [2.45, 2.75) is 52.1 Å². The molecule has 0 radical (unpaired) electrons. The zero-order valence-corrected chi connectivity index (χ0v) is 13.2. The molecule has 1 amide bonds. The molecule has 0 bridgehead atoms. The fourth-order valence-electron chi connectivity index (χ4n) is 3.20. The number of aliphatic carboxylic acids is 1. The summed E-state index contributed by atoms with van der Waals surface area (Å²) in [5.74, 6) is -0.635. The average molecular weight is 300 g/mol. The third-order valence-corrected chi connectivity index (χ3v) is 4.30. The summed E-state index contributed by atoms with van der Waals surface area (Å²) >= 11 is 0. The van der Waals surface area contributed by atoms with Gasteiger partial charge in [-0.15, -0.1) is 0 Å². The predicted octanol–water partition coefficient (Wildman–Crippen LogP) is 0.695. The second kappa shape index (κ2) is 8.34. The molecule has 1 aliphatic heterocycles. The van der Waals surface area contributed by atoms with E-state index in [0.717, 1.165) is 12.8 Å². The van der Waals surface area contributed by atoms with Crippen LogP contribution in [0.3, 0.4) is 0 Å². The second-order valence-corrected chi connectivity index (χ2v) is 6.13. The fourth-order valence-corrected chi connectivity index (χ4v) is 3.20. The van der Waals surface area contributed by atoms with Gasteiger partial charge in [-0.05, 0) is 31.6 Å². The third kappa shape index (κ3) is 5.28. The molecule has 122 valence electrons. The monoisotopic (exact) mass is 300 g/mol. The minimum Gasteiger partial charge on any atom is -0.480 e. The summed E-state index contributed by atoms with van der Waals surface area (Å²) in [5, 5.41) is 21.5. The Morgan fingerprint density at radius 2 is 2.10 bits per heavy atom. The van der Waals surface area contributed by atoms with Crippen molar-refractivity contribution in [2.75, 3.05) is 19.7 Å². The quantitative estimate of drug-likeness (QED) is 0.614. The zero-order chi connectivity index (χ0) is 16.0. The summed E-state index contributed by atoms with van der Waals surface area (Å²) in [4.78, 5) is 24.5. The first-order valence-electron chi connectivity index (χ1n) is 7.73. The summed E-state index contributed by atoms with van der Waals surface area (Å²) in [6.07, 6.45) is 2.43. The van der Waals surface area contributed by atoms with Crippen LogP contribution < -0.4 is 5.32 Å². The number of aliphatic hydroxyl groups excluding tert-OH is 1. The molecule has 0 saturated carbocycles. The Bertz CT molecular complexity index is 362. The van der Waals surface area contributed by atoms with Crippen molar-refractivity contribution in [1.29, 1.82) is 0 Å². The van der Waals surface area contributed by atoms with E-state index in [1.165, 1.54) is 6.92 Å². The van der Waals surface area contributed by atoms with Crippen LogP contribution in [0.15, 0.2) is 0 Å². The number of carboxylic acid groups (broad SMARTS) is 1. The second-order valence-electron chi connectivity index (χ2n) is 6.13. The van der Waals surface area contributed by atoms with E-state index in [1.807, 2.05) is 11.8 Å². The van der Waals surface area contributed by atoms with Crippen LogP contribution in [0, 0.1) is 11.8 Å². The lowest BCUT2D eigenvalue weighted by molar-refractivity contribution is -0.142. The highest BCUT2D eigenvalue weighted by molar-refractivity contribution is 5.74. The van der Waals surface area contributed by atoms with E-state index in [-0.39, 0.29) is 30.4 Å². The standard InChI is InChI=1S/C15H28N2O4/c1-4-5-13(10(2)16-11(3)19)8-17-7-12(9-18)6-14(17)15(20)21/h10,12-14,18H,4-9H2,1-3H3,(H,16,19)(H,20,21)/t10?,12-,13?,14-/m1/s1. The molecule has 4 atom stereocenters. The van der Waals surface area contributed by atoms with Crippen molar-refractivity contribution in [2.24, 2.45) is 11.8 Å². The molecular formula is C15H28N2O4. The van der Waals surface area contributed by atoms with E-state index >= 15 is 0 Å². The molecule has 0 aromatic rings. The summed E-state index contributed by atoms with van der Waals surface area (Å²) in [5.41, 5.74) is 0. The molecule has 0 aliphatic carbocycles. The Morgan fingerprint density at radius 3 is 2.57 bits per heavy atom. The van der Waals surface area contributed by atoms with E-state index in [1.54, 1.807) is 0 Å². The number of likely N-dealkylation sites (tertiary alicyclic amines) is 1. The molecule has 21 heavy (non-hydrogen) atoms. The van der Waals surface area contributed by atoms with Crippen LogP contribution in [-0.2, 0) is 9.59 Å². The summed E-state index contributed by atoms with van der Waals surface area (Å²) in [7, 11) is 0. The molecule has 1 fully saturated rings. The van der Waals surface area contributed by atoms with Crippen LogP contribution >= 0.6 is 0 Å². The number of hydrogen-bond donors (Lipinski definition) is 3. The Hall–Kier alpha value is -1.14. The first-order valence-corrected chi connectivity index (χ1v) is 7.73. The zero-order valence-electron chi connectivity index (χ0n) is 13.2. The first-order chi connectivity index (χ1) is 9.88. The maximum Gasteiger partial charge on any atom is 0.320 e. The Labute approximate surface area is 126 Å². The van der Waals surface area contributed by atoms with Crippen molar-refractivity contribution in [3.8, 4) is 0 Å². The molecule has 2 unspecified atom stereocenters. The van der Waals surface area contributed by atoms with Gasteiger partial charge < -0.3 is 15.5 Å². The predicted molar refractivity (Wildman–Crippen MR) is 79.9 cm³/mol. The van der Waals surface area contributed by atoms with Gasteiger partial charge in [0.25, 0.3) is 0 Å². The Morgan fingerprint density at radius 1 is 1.43 bits per heavy atom. The van der Waals surface area contributed by atoms with Gasteiger partial charge in [-0.2, -0.15) is 0 Å². The van der Waals surface area contributed by atoms with Gasteiger partial charge in [0.15, 0.2) is 0 Å². The molecule has 6 nitrogen and oxygen atoms in total. The summed E-state index contributed by atoms with van der Waals surface area (Å²) in [6.45, 7) is 6.83. The number of carbonyl (C=O) groups excluding carboxylic acids is 1. The van der Waals surface area contributed by atoms with Crippen LogP contribution in [0.2, 0.25) is 0 Å². The number of hydrogen-bond acceptors (Lipinski definition) is 4. The summed E-state index contributed by atoms with van der Waals surface area (Å²) < 4.78 is 0. The van der Waals surface area contributed by atoms with E-state index in [0.29, 0.717) is 19.5 Å². The molecule has 0 aromatic carbocycles. The van der Waals surface area contributed by atoms with Crippen molar-refractivity contribution in [1.82, 2.24) is 10.2 Å². The lowest BCUT2D eigenvalue weighted by Gasteiger charge is -2.31. The molecule has 1 saturated heterocycles. The number of rotatable bonds is 8. The van der Waals surface area contributed by atoms with Gasteiger partial charge in [-0.1, -0.05) is 13.3 Å². The van der Waals surface area contributed by atoms with Gasteiger partial charge in [-0.25, -0.2) is 0 Å². The lowest BCUT2D eigenvalue weighted by Crippen LogP contribution is -2.45. The molecule has 1 rings (SSSR count). The van der Waals surface area contributed by atoms with E-state index in [4.69, 9.17) is 0 Å². The van der Waals surface area contributed by atoms with Crippen molar-refractivity contribution in [3.63, 3.8) is 0 Å². The molecule has 1 aliphatic rings. The lowest BCUT2D eigenvalue weighted by atomic mass is 9.95. The number of nitrogens with one attached hydrogen (secondary N) is 1. The van der Waals surface area contributed by atoms with E-state index in [2.05, 4.69) is 12.2 Å². The average Bonchev–Trinajstić information content (AvgIpc) is 2.80. The van der Waals surface area contributed by atoms with Crippen molar-refractivity contribution >= 4 is 11.9 Å². The molecule has 6 heteroatoms. The smallest absolute Gasteiger partial charge is 0.320 e. The summed E-state index contributed by atoms with van der Waals surface area (Å²) in [6, 6.07) is -0.504. The SMILES string of the molecule is CCCC(CN1C[C@H](CO)C[C@@H]1C(=O)O)C(C)NC(C)=O. The Balaban J connectivity index is 2.71. The van der Waals surface area contributed by atoms with Crippen molar-refractivity contribution in [3.05, 3.63) is 0 Å². The fraction of sp³-hybridized carbons (Fsp3) is 0.867. The number of nitrogens with zero attached hydrogens (tertiary/aromatic N) is 1. The molecule has 0 aromatic heterocycles. The van der Waals surface area contributed by atoms with Crippen LogP contribution in [0.4, 0.5) is 0 Å². The van der Waals surface area contributed by atoms with Gasteiger partial charge in [0, 0.05) is 32.7 Å². The number of amides is 1. The van der Waals surface area contributed by atoms with Gasteiger partial charge >= 0.3 is 5.97 Å².